The van der Waals surface area contributed by atoms with Crippen molar-refractivity contribution in [1.82, 2.24) is 4.90 Å². The second-order valence-electron chi connectivity index (χ2n) is 4.63. The molecule has 1 aliphatic carbocycles. The molecule has 0 bridgehead atoms. The minimum atomic E-state index is 0. The normalized spacial score (nSPS) is 23.3. The maximum Gasteiger partial charge on any atom is 0.227 e. The summed E-state index contributed by atoms with van der Waals surface area (Å²) in [6, 6.07) is 0. The Balaban J connectivity index is 0.000000963. The Labute approximate surface area is 97.3 Å². The average Bonchev–Trinajstić information content (AvgIpc) is 2.55. The van der Waals surface area contributed by atoms with Gasteiger partial charge in [-0.05, 0) is 37.3 Å². The highest BCUT2D eigenvalue weighted by Crippen LogP contribution is 2.39. The molecule has 1 fully saturated rings. The predicted octanol–water partition coefficient (Wildman–Crippen LogP) is 3.18. The summed E-state index contributed by atoms with van der Waals surface area (Å²) in [5.41, 5.74) is 5.52. The van der Waals surface area contributed by atoms with E-state index < -0.39 is 0 Å². The number of carbonyl (C=O) groups excluding carboxylic acids is 1. The van der Waals surface area contributed by atoms with Gasteiger partial charge in [0.05, 0.1) is 0 Å². The van der Waals surface area contributed by atoms with Crippen molar-refractivity contribution in [2.24, 2.45) is 0 Å². The third kappa shape index (κ3) is 1.53. The molecule has 2 aliphatic heterocycles. The standard InChI is InChI=1S/C13H15NO.CH4/c1-9-2-3-10-4-5-12(15)14-7-6-11(8-9)13(10)14;/h2-3H,4-8H2,1H3;1H4. The van der Waals surface area contributed by atoms with Gasteiger partial charge in [0.1, 0.15) is 0 Å². The van der Waals surface area contributed by atoms with Crippen LogP contribution in [0.15, 0.2) is 34.6 Å². The van der Waals surface area contributed by atoms with Crippen molar-refractivity contribution in [2.75, 3.05) is 6.54 Å². The van der Waals surface area contributed by atoms with Gasteiger partial charge in [-0.1, -0.05) is 25.2 Å². The molecule has 3 rings (SSSR count). The van der Waals surface area contributed by atoms with E-state index in [2.05, 4.69) is 19.1 Å². The first-order valence-electron chi connectivity index (χ1n) is 5.65. The van der Waals surface area contributed by atoms with Crippen molar-refractivity contribution in [3.63, 3.8) is 0 Å². The summed E-state index contributed by atoms with van der Waals surface area (Å²) in [5.74, 6) is 0.316. The number of carbonyl (C=O) groups is 1. The van der Waals surface area contributed by atoms with Crippen molar-refractivity contribution < 1.29 is 4.79 Å². The van der Waals surface area contributed by atoms with E-state index in [1.165, 1.54) is 22.4 Å². The largest absolute Gasteiger partial charge is 0.312 e. The number of hydrogen-bond donors (Lipinski definition) is 0. The Morgan fingerprint density at radius 1 is 1.19 bits per heavy atom. The van der Waals surface area contributed by atoms with Gasteiger partial charge in [0.15, 0.2) is 0 Å². The summed E-state index contributed by atoms with van der Waals surface area (Å²) in [4.78, 5) is 13.7. The molecule has 0 saturated carbocycles. The Bertz CT molecular complexity index is 426. The second-order valence-corrected chi connectivity index (χ2v) is 4.63. The quantitative estimate of drug-likeness (QED) is 0.610. The molecule has 0 unspecified atom stereocenters. The lowest BCUT2D eigenvalue weighted by Crippen LogP contribution is -2.32. The molecule has 0 N–H and O–H groups in total. The Hall–Kier alpha value is -1.31. The molecule has 2 nitrogen and oxygen atoms in total. The lowest BCUT2D eigenvalue weighted by molar-refractivity contribution is -0.129. The fourth-order valence-corrected chi connectivity index (χ4v) is 2.79. The molecule has 86 valence electrons. The summed E-state index contributed by atoms with van der Waals surface area (Å²) in [6.45, 7) is 3.08. The molecule has 0 radical (unpaired) electrons. The molecule has 1 amide bonds. The molecule has 16 heavy (non-hydrogen) atoms. The van der Waals surface area contributed by atoms with E-state index >= 15 is 0 Å². The molecule has 3 aliphatic rings. The minimum absolute atomic E-state index is 0. The van der Waals surface area contributed by atoms with E-state index in [0.717, 1.165) is 25.8 Å². The van der Waals surface area contributed by atoms with Gasteiger partial charge < -0.3 is 4.90 Å². The van der Waals surface area contributed by atoms with Crippen molar-refractivity contribution >= 4 is 5.91 Å². The SMILES string of the molecule is C.CC1=CC=C2CCC(=O)N3CCC(=C23)C1. The van der Waals surface area contributed by atoms with Gasteiger partial charge in [-0.25, -0.2) is 0 Å². The molecule has 0 aromatic carbocycles. The monoisotopic (exact) mass is 217 g/mol. The van der Waals surface area contributed by atoms with E-state index in [1.807, 2.05) is 4.90 Å². The molecule has 0 spiro atoms. The Kier molecular flexibility index (Phi) is 2.75. The predicted molar refractivity (Wildman–Crippen MR) is 65.8 cm³/mol. The smallest absolute Gasteiger partial charge is 0.227 e. The van der Waals surface area contributed by atoms with Crippen LogP contribution in [0.2, 0.25) is 0 Å². The van der Waals surface area contributed by atoms with Crippen LogP contribution in [0.25, 0.3) is 0 Å². The van der Waals surface area contributed by atoms with Gasteiger partial charge in [0.25, 0.3) is 0 Å². The van der Waals surface area contributed by atoms with Gasteiger partial charge in [-0.3, -0.25) is 4.79 Å². The summed E-state index contributed by atoms with van der Waals surface area (Å²) in [7, 11) is 0. The van der Waals surface area contributed by atoms with Crippen LogP contribution in [-0.2, 0) is 4.79 Å². The highest BCUT2D eigenvalue weighted by molar-refractivity contribution is 5.82. The molecular formula is C14H19NO. The fraction of sp³-hybridized carbons (Fsp3) is 0.500. The van der Waals surface area contributed by atoms with Gasteiger partial charge in [-0.2, -0.15) is 0 Å². The first-order chi connectivity index (χ1) is 7.25. The Morgan fingerprint density at radius 3 is 2.81 bits per heavy atom. The summed E-state index contributed by atoms with van der Waals surface area (Å²) >= 11 is 0. The fourth-order valence-electron chi connectivity index (χ4n) is 2.79. The summed E-state index contributed by atoms with van der Waals surface area (Å²) in [6.07, 6.45) is 8.17. The summed E-state index contributed by atoms with van der Waals surface area (Å²) in [5, 5.41) is 0. The van der Waals surface area contributed by atoms with Crippen molar-refractivity contribution in [1.29, 1.82) is 0 Å². The molecular weight excluding hydrogens is 198 g/mol. The van der Waals surface area contributed by atoms with Gasteiger partial charge in [0.2, 0.25) is 5.91 Å². The maximum atomic E-state index is 11.7. The lowest BCUT2D eigenvalue weighted by atomic mass is 9.98. The van der Waals surface area contributed by atoms with Crippen LogP contribution in [0.1, 0.15) is 40.0 Å². The van der Waals surface area contributed by atoms with Gasteiger partial charge in [-0.15, -0.1) is 0 Å². The zero-order valence-electron chi connectivity index (χ0n) is 9.05. The second kappa shape index (κ2) is 3.93. The number of allylic oxidation sites excluding steroid dienone is 4. The van der Waals surface area contributed by atoms with Crippen LogP contribution >= 0.6 is 0 Å². The minimum Gasteiger partial charge on any atom is -0.312 e. The van der Waals surface area contributed by atoms with Crippen LogP contribution in [0.5, 0.6) is 0 Å². The van der Waals surface area contributed by atoms with Crippen LogP contribution in [0.3, 0.4) is 0 Å². The first-order valence-corrected chi connectivity index (χ1v) is 5.65. The Morgan fingerprint density at radius 2 is 2.00 bits per heavy atom. The molecule has 0 aromatic rings. The van der Waals surface area contributed by atoms with Crippen LogP contribution < -0.4 is 0 Å². The van der Waals surface area contributed by atoms with Crippen LogP contribution in [0, 0.1) is 0 Å². The van der Waals surface area contributed by atoms with Crippen molar-refractivity contribution in [3.05, 3.63) is 34.6 Å². The number of piperidine rings is 1. The van der Waals surface area contributed by atoms with Crippen LogP contribution in [0.4, 0.5) is 0 Å². The number of hydrogen-bond acceptors (Lipinski definition) is 1. The molecule has 1 saturated heterocycles. The van der Waals surface area contributed by atoms with Crippen molar-refractivity contribution in [3.8, 4) is 0 Å². The number of amides is 1. The maximum absolute atomic E-state index is 11.7. The van der Waals surface area contributed by atoms with Gasteiger partial charge >= 0.3 is 0 Å². The van der Waals surface area contributed by atoms with Crippen LogP contribution in [-0.4, -0.2) is 17.4 Å². The average molecular weight is 217 g/mol. The third-order valence-electron chi connectivity index (χ3n) is 3.52. The van der Waals surface area contributed by atoms with Gasteiger partial charge in [0, 0.05) is 18.7 Å². The molecule has 0 aromatic heterocycles. The third-order valence-corrected chi connectivity index (χ3v) is 3.52. The molecule has 2 heterocycles. The van der Waals surface area contributed by atoms with E-state index in [0.29, 0.717) is 12.3 Å². The lowest BCUT2D eigenvalue weighted by Gasteiger charge is -2.27. The number of nitrogens with zero attached hydrogens (tertiary/aromatic N) is 1. The first kappa shape index (κ1) is 11.2. The van der Waals surface area contributed by atoms with E-state index in [4.69, 9.17) is 0 Å². The molecule has 0 atom stereocenters. The van der Waals surface area contributed by atoms with Crippen molar-refractivity contribution in [2.45, 2.75) is 40.0 Å². The zero-order chi connectivity index (χ0) is 10.4. The van der Waals surface area contributed by atoms with E-state index in [1.54, 1.807) is 0 Å². The highest BCUT2D eigenvalue weighted by atomic mass is 16.2. The van der Waals surface area contributed by atoms with E-state index in [9.17, 15) is 4.79 Å². The highest BCUT2D eigenvalue weighted by Gasteiger charge is 2.33. The zero-order valence-corrected chi connectivity index (χ0v) is 9.05. The van der Waals surface area contributed by atoms with E-state index in [-0.39, 0.29) is 7.43 Å². The topological polar surface area (TPSA) is 20.3 Å². The summed E-state index contributed by atoms with van der Waals surface area (Å²) < 4.78 is 0. The number of rotatable bonds is 0. The molecule has 2 heteroatoms.